The Kier molecular flexibility index (Phi) is 6.80. The van der Waals surface area contributed by atoms with E-state index in [9.17, 15) is 5.11 Å². The second-order valence-electron chi connectivity index (χ2n) is 2.67. The van der Waals surface area contributed by atoms with Gasteiger partial charge in [0, 0.05) is 6.54 Å². The highest BCUT2D eigenvalue weighted by atomic mass is 16.3. The van der Waals surface area contributed by atoms with Gasteiger partial charge in [0.2, 0.25) is 0 Å². The Morgan fingerprint density at radius 3 is 2.14 bits per heavy atom. The number of hydrogen-bond donors (Lipinski definition) is 3. The van der Waals surface area contributed by atoms with Crippen molar-refractivity contribution in [2.45, 2.75) is 20.0 Å². The number of aliphatic hydroxyl groups is 1. The second kappa shape index (κ2) is 7.35. The molecule has 1 unspecified atom stereocenters. The molecule has 3 N–H and O–H groups in total. The molecule has 0 saturated carbocycles. The first-order chi connectivity index (χ1) is 6.74. The number of aromatic hydroxyl groups is 1. The number of phenols is 1. The Labute approximate surface area is 85.4 Å². The third-order valence-electron chi connectivity index (χ3n) is 1.68. The summed E-state index contributed by atoms with van der Waals surface area (Å²) < 4.78 is 0. The summed E-state index contributed by atoms with van der Waals surface area (Å²) in [6, 6.07) is 6.54. The fraction of sp³-hybridized carbons (Fsp3) is 0.455. The van der Waals surface area contributed by atoms with E-state index < -0.39 is 6.10 Å². The molecule has 3 nitrogen and oxygen atoms in total. The van der Waals surface area contributed by atoms with Gasteiger partial charge >= 0.3 is 0 Å². The molecule has 80 valence electrons. The van der Waals surface area contributed by atoms with Crippen molar-refractivity contribution >= 4 is 0 Å². The number of rotatable bonds is 3. The summed E-state index contributed by atoms with van der Waals surface area (Å²) in [6.45, 7) is 4.52. The smallest absolute Gasteiger partial charge is 0.115 e. The molecule has 0 aliphatic rings. The lowest BCUT2D eigenvalue weighted by molar-refractivity contribution is 0.177. The Morgan fingerprint density at radius 2 is 1.71 bits per heavy atom. The lowest BCUT2D eigenvalue weighted by atomic mass is 10.1. The fourth-order valence-electron chi connectivity index (χ4n) is 1.01. The van der Waals surface area contributed by atoms with Crippen LogP contribution in [0.1, 0.15) is 25.5 Å². The minimum atomic E-state index is -0.504. The quantitative estimate of drug-likeness (QED) is 0.691. The van der Waals surface area contributed by atoms with Gasteiger partial charge in [-0.2, -0.15) is 0 Å². The number of aliphatic hydroxyl groups excluding tert-OH is 1. The predicted octanol–water partition coefficient (Wildman–Crippen LogP) is 1.67. The molecule has 0 heterocycles. The standard InChI is InChI=1S/C9H13NO2.C2H6/c1-10-6-9(12)7-2-4-8(11)5-3-7;1-2/h2-5,9-12H,6H2,1H3;1-2H3. The molecule has 0 bridgehead atoms. The van der Waals surface area contributed by atoms with Crippen LogP contribution in [-0.2, 0) is 0 Å². The molecule has 3 heteroatoms. The molecule has 1 rings (SSSR count). The molecule has 0 aromatic heterocycles. The Bertz CT molecular complexity index is 234. The van der Waals surface area contributed by atoms with E-state index in [2.05, 4.69) is 5.32 Å². The maximum atomic E-state index is 9.47. The van der Waals surface area contributed by atoms with Crippen molar-refractivity contribution in [3.05, 3.63) is 29.8 Å². The lowest BCUT2D eigenvalue weighted by Crippen LogP contribution is -2.16. The summed E-state index contributed by atoms with van der Waals surface area (Å²) >= 11 is 0. The monoisotopic (exact) mass is 197 g/mol. The molecule has 1 atom stereocenters. The number of benzene rings is 1. The molecule has 14 heavy (non-hydrogen) atoms. The number of hydrogen-bond acceptors (Lipinski definition) is 3. The summed E-state index contributed by atoms with van der Waals surface area (Å²) in [5, 5.41) is 21.3. The van der Waals surface area contributed by atoms with E-state index in [0.717, 1.165) is 5.56 Å². The van der Waals surface area contributed by atoms with Crippen LogP contribution in [0.3, 0.4) is 0 Å². The van der Waals surface area contributed by atoms with Gasteiger partial charge in [-0.05, 0) is 24.7 Å². The zero-order valence-electron chi connectivity index (χ0n) is 8.99. The van der Waals surface area contributed by atoms with Crippen LogP contribution in [0.5, 0.6) is 5.75 Å². The number of nitrogens with one attached hydrogen (secondary N) is 1. The van der Waals surface area contributed by atoms with Gasteiger partial charge in [-0.3, -0.25) is 0 Å². The molecule has 1 aromatic carbocycles. The largest absolute Gasteiger partial charge is 0.508 e. The van der Waals surface area contributed by atoms with E-state index in [1.54, 1.807) is 31.3 Å². The zero-order chi connectivity index (χ0) is 11.0. The first kappa shape index (κ1) is 12.9. The minimum Gasteiger partial charge on any atom is -0.508 e. The van der Waals surface area contributed by atoms with Crippen molar-refractivity contribution in [2.24, 2.45) is 0 Å². The number of likely N-dealkylation sites (N-methyl/N-ethyl adjacent to an activating group) is 1. The molecule has 0 aliphatic carbocycles. The third-order valence-corrected chi connectivity index (χ3v) is 1.68. The highest BCUT2D eigenvalue weighted by molar-refractivity contribution is 5.27. The van der Waals surface area contributed by atoms with E-state index in [-0.39, 0.29) is 5.75 Å². The van der Waals surface area contributed by atoms with Crippen LogP contribution >= 0.6 is 0 Å². The summed E-state index contributed by atoms with van der Waals surface area (Å²) in [5.74, 6) is 0.218. The topological polar surface area (TPSA) is 52.5 Å². The molecular weight excluding hydrogens is 178 g/mol. The van der Waals surface area contributed by atoms with Crippen molar-refractivity contribution in [3.8, 4) is 5.75 Å². The second-order valence-corrected chi connectivity index (χ2v) is 2.67. The van der Waals surface area contributed by atoms with Crippen LogP contribution in [0.15, 0.2) is 24.3 Å². The molecule has 0 spiro atoms. The third kappa shape index (κ3) is 4.25. The Morgan fingerprint density at radius 1 is 1.21 bits per heavy atom. The Hall–Kier alpha value is -1.06. The SMILES string of the molecule is CC.CNCC(O)c1ccc(O)cc1. The van der Waals surface area contributed by atoms with Crippen molar-refractivity contribution in [1.82, 2.24) is 5.32 Å². The molecule has 0 aliphatic heterocycles. The van der Waals surface area contributed by atoms with Crippen LogP contribution in [0.25, 0.3) is 0 Å². The summed E-state index contributed by atoms with van der Waals surface area (Å²) in [4.78, 5) is 0. The molecule has 0 radical (unpaired) electrons. The van der Waals surface area contributed by atoms with Crippen molar-refractivity contribution in [2.75, 3.05) is 13.6 Å². The van der Waals surface area contributed by atoms with Gasteiger partial charge in [0.05, 0.1) is 6.10 Å². The maximum Gasteiger partial charge on any atom is 0.115 e. The van der Waals surface area contributed by atoms with Crippen LogP contribution in [0.4, 0.5) is 0 Å². The zero-order valence-corrected chi connectivity index (χ0v) is 8.99. The molecule has 0 amide bonds. The molecule has 0 fully saturated rings. The maximum absolute atomic E-state index is 9.47. The normalized spacial score (nSPS) is 11.4. The highest BCUT2D eigenvalue weighted by Gasteiger charge is 2.04. The number of phenolic OH excluding ortho intramolecular Hbond substituents is 1. The summed E-state index contributed by atoms with van der Waals surface area (Å²) in [7, 11) is 1.78. The van der Waals surface area contributed by atoms with E-state index in [1.807, 2.05) is 13.8 Å². The average molecular weight is 197 g/mol. The lowest BCUT2D eigenvalue weighted by Gasteiger charge is -2.09. The molecule has 1 aromatic rings. The molecule has 0 saturated heterocycles. The Balaban J connectivity index is 0.000000791. The minimum absolute atomic E-state index is 0.218. The predicted molar refractivity (Wildman–Crippen MR) is 58.3 cm³/mol. The van der Waals surface area contributed by atoms with Crippen LogP contribution in [0, 0.1) is 0 Å². The first-order valence-corrected chi connectivity index (χ1v) is 4.85. The van der Waals surface area contributed by atoms with Gasteiger partial charge in [-0.1, -0.05) is 26.0 Å². The van der Waals surface area contributed by atoms with Gasteiger partial charge in [0.15, 0.2) is 0 Å². The van der Waals surface area contributed by atoms with Crippen LogP contribution in [0.2, 0.25) is 0 Å². The van der Waals surface area contributed by atoms with Crippen molar-refractivity contribution < 1.29 is 10.2 Å². The van der Waals surface area contributed by atoms with Gasteiger partial charge in [0.1, 0.15) is 5.75 Å². The summed E-state index contributed by atoms with van der Waals surface area (Å²) in [5.41, 5.74) is 0.808. The fourth-order valence-corrected chi connectivity index (χ4v) is 1.01. The van der Waals surface area contributed by atoms with E-state index >= 15 is 0 Å². The van der Waals surface area contributed by atoms with E-state index in [4.69, 9.17) is 5.11 Å². The van der Waals surface area contributed by atoms with Crippen molar-refractivity contribution in [3.63, 3.8) is 0 Å². The molecular formula is C11H19NO2. The van der Waals surface area contributed by atoms with Gasteiger partial charge in [0.25, 0.3) is 0 Å². The first-order valence-electron chi connectivity index (χ1n) is 4.85. The summed E-state index contributed by atoms with van der Waals surface area (Å²) in [6.07, 6.45) is -0.504. The van der Waals surface area contributed by atoms with Crippen molar-refractivity contribution in [1.29, 1.82) is 0 Å². The van der Waals surface area contributed by atoms with Crippen LogP contribution < -0.4 is 5.32 Å². The van der Waals surface area contributed by atoms with E-state index in [1.165, 1.54) is 0 Å². The van der Waals surface area contributed by atoms with Gasteiger partial charge in [-0.25, -0.2) is 0 Å². The van der Waals surface area contributed by atoms with E-state index in [0.29, 0.717) is 6.54 Å². The van der Waals surface area contributed by atoms with Gasteiger partial charge in [-0.15, -0.1) is 0 Å². The van der Waals surface area contributed by atoms with Crippen LogP contribution in [-0.4, -0.2) is 23.8 Å². The van der Waals surface area contributed by atoms with Gasteiger partial charge < -0.3 is 15.5 Å². The average Bonchev–Trinajstić information content (AvgIpc) is 2.22. The highest BCUT2D eigenvalue weighted by Crippen LogP contribution is 2.15.